The van der Waals surface area contributed by atoms with E-state index >= 15 is 0 Å². The summed E-state index contributed by atoms with van der Waals surface area (Å²) in [6.07, 6.45) is 1.02. The third-order valence-electron chi connectivity index (χ3n) is 3.87. The van der Waals surface area contributed by atoms with Crippen molar-refractivity contribution in [3.8, 4) is 11.5 Å². The minimum absolute atomic E-state index is 0.00720. The van der Waals surface area contributed by atoms with Gasteiger partial charge in [0.25, 0.3) is 0 Å². The number of benzene rings is 3. The van der Waals surface area contributed by atoms with Gasteiger partial charge in [0.1, 0.15) is 17.6 Å². The minimum Gasteiger partial charge on any atom is -0.506 e. The molecule has 0 bridgehead atoms. The zero-order valence-electron chi connectivity index (χ0n) is 11.2. The number of fused-ring (bicyclic) bond motifs is 3. The largest absolute Gasteiger partial charge is 0.506 e. The van der Waals surface area contributed by atoms with E-state index in [0.29, 0.717) is 10.8 Å². The van der Waals surface area contributed by atoms with Crippen molar-refractivity contribution in [1.82, 2.24) is 0 Å². The summed E-state index contributed by atoms with van der Waals surface area (Å²) >= 11 is 0. The first-order valence-electron chi connectivity index (χ1n) is 6.59. The number of phenolic OH excluding ortho intramolecular Hbond substituents is 2. The molecule has 0 spiro atoms. The van der Waals surface area contributed by atoms with Gasteiger partial charge in [0.15, 0.2) is 11.3 Å². The second-order valence-electron chi connectivity index (χ2n) is 5.10. The number of phenols is 2. The molecule has 4 rings (SSSR count). The Bertz CT molecular complexity index is 1070. The molecule has 108 valence electrons. The average Bonchev–Trinajstić information content (AvgIpc) is 2.97. The molecule has 5 heteroatoms. The summed E-state index contributed by atoms with van der Waals surface area (Å²) in [5.74, 6) is -1.62. The lowest BCUT2D eigenvalue weighted by Gasteiger charge is -2.08. The Balaban J connectivity index is 2.27. The predicted octanol–water partition coefficient (Wildman–Crippen LogP) is 3.85. The third-order valence-corrected chi connectivity index (χ3v) is 3.87. The van der Waals surface area contributed by atoms with Crippen LogP contribution in [0.1, 0.15) is 10.4 Å². The van der Waals surface area contributed by atoms with Gasteiger partial charge in [-0.3, -0.25) is 0 Å². The van der Waals surface area contributed by atoms with Gasteiger partial charge < -0.3 is 19.7 Å². The summed E-state index contributed by atoms with van der Waals surface area (Å²) in [6, 6.07) is 11.0. The highest BCUT2D eigenvalue weighted by molar-refractivity contribution is 6.17. The molecule has 22 heavy (non-hydrogen) atoms. The lowest BCUT2D eigenvalue weighted by atomic mass is 9.99. The van der Waals surface area contributed by atoms with E-state index in [0.717, 1.165) is 17.0 Å². The smallest absolute Gasteiger partial charge is 0.339 e. The van der Waals surface area contributed by atoms with E-state index in [2.05, 4.69) is 0 Å². The molecule has 3 aromatic carbocycles. The summed E-state index contributed by atoms with van der Waals surface area (Å²) in [4.78, 5) is 11.2. The van der Waals surface area contributed by atoms with Crippen molar-refractivity contribution in [2.45, 2.75) is 0 Å². The summed E-state index contributed by atoms with van der Waals surface area (Å²) < 4.78 is 5.15. The van der Waals surface area contributed by atoms with Crippen molar-refractivity contribution < 1.29 is 24.5 Å². The Hall–Kier alpha value is -3.21. The van der Waals surface area contributed by atoms with E-state index in [1.807, 2.05) is 24.3 Å². The van der Waals surface area contributed by atoms with Crippen molar-refractivity contribution in [2.24, 2.45) is 0 Å². The molecule has 0 aliphatic heterocycles. The number of furan rings is 1. The predicted molar refractivity (Wildman–Crippen MR) is 81.5 cm³/mol. The van der Waals surface area contributed by atoms with Gasteiger partial charge in [-0.2, -0.15) is 0 Å². The maximum absolute atomic E-state index is 11.2. The van der Waals surface area contributed by atoms with Crippen LogP contribution in [-0.2, 0) is 0 Å². The molecule has 0 atom stereocenters. The molecule has 0 aliphatic carbocycles. The maximum Gasteiger partial charge on any atom is 0.339 e. The zero-order valence-corrected chi connectivity index (χ0v) is 11.2. The number of aromatic carboxylic acids is 1. The highest BCUT2D eigenvalue weighted by Crippen LogP contribution is 2.44. The summed E-state index contributed by atoms with van der Waals surface area (Å²) in [5, 5.41) is 32.6. The van der Waals surface area contributed by atoms with Gasteiger partial charge in [-0.1, -0.05) is 24.3 Å². The van der Waals surface area contributed by atoms with Crippen LogP contribution in [0.15, 0.2) is 47.1 Å². The Morgan fingerprint density at radius 3 is 2.14 bits per heavy atom. The molecule has 3 N–H and O–H groups in total. The van der Waals surface area contributed by atoms with Gasteiger partial charge in [0.2, 0.25) is 0 Å². The Kier molecular flexibility index (Phi) is 2.36. The third kappa shape index (κ3) is 1.50. The highest BCUT2D eigenvalue weighted by Gasteiger charge is 2.22. The molecule has 0 radical (unpaired) electrons. The van der Waals surface area contributed by atoms with Crippen LogP contribution < -0.4 is 0 Å². The summed E-state index contributed by atoms with van der Waals surface area (Å²) in [6.45, 7) is 0. The SMILES string of the molecule is O=C(O)c1coc2c(O)c3cc4ccccc4cc3c(O)c12. The van der Waals surface area contributed by atoms with Gasteiger partial charge >= 0.3 is 5.97 Å². The van der Waals surface area contributed by atoms with Gasteiger partial charge in [-0.25, -0.2) is 4.79 Å². The number of rotatable bonds is 1. The lowest BCUT2D eigenvalue weighted by Crippen LogP contribution is -1.94. The van der Waals surface area contributed by atoms with Crippen molar-refractivity contribution in [2.75, 3.05) is 0 Å². The average molecular weight is 294 g/mol. The van der Waals surface area contributed by atoms with E-state index in [9.17, 15) is 20.1 Å². The van der Waals surface area contributed by atoms with Crippen molar-refractivity contribution in [3.05, 3.63) is 48.2 Å². The fourth-order valence-corrected chi connectivity index (χ4v) is 2.81. The topological polar surface area (TPSA) is 90.9 Å². The highest BCUT2D eigenvalue weighted by atomic mass is 16.4. The Morgan fingerprint density at radius 2 is 1.55 bits per heavy atom. The second kappa shape index (κ2) is 4.14. The number of hydrogen-bond acceptors (Lipinski definition) is 4. The molecule has 1 heterocycles. The normalized spacial score (nSPS) is 11.5. The van der Waals surface area contributed by atoms with E-state index in [1.54, 1.807) is 12.1 Å². The van der Waals surface area contributed by atoms with Gasteiger partial charge in [-0.05, 0) is 22.9 Å². The minimum atomic E-state index is -1.23. The van der Waals surface area contributed by atoms with Crippen LogP contribution in [0.25, 0.3) is 32.5 Å². The quantitative estimate of drug-likeness (QED) is 0.366. The first kappa shape index (κ1) is 12.5. The molecule has 1 aromatic heterocycles. The molecule has 0 aliphatic rings. The zero-order chi connectivity index (χ0) is 15.4. The molecule has 0 saturated heterocycles. The van der Waals surface area contributed by atoms with E-state index in [4.69, 9.17) is 4.42 Å². The number of hydrogen-bond donors (Lipinski definition) is 3. The summed E-state index contributed by atoms with van der Waals surface area (Å²) in [7, 11) is 0. The summed E-state index contributed by atoms with van der Waals surface area (Å²) in [5.41, 5.74) is -0.212. The number of carbonyl (C=O) groups is 1. The first-order chi connectivity index (χ1) is 10.6. The molecular weight excluding hydrogens is 284 g/mol. The standard InChI is InChI=1S/C17H10O5/c18-14-10-5-8-3-1-2-4-9(8)6-11(10)15(19)16-13(14)12(7-22-16)17(20)21/h1-7,18-19H,(H,20,21). The van der Waals surface area contributed by atoms with Crippen LogP contribution in [0.3, 0.4) is 0 Å². The number of carboxylic acids is 1. The monoisotopic (exact) mass is 294 g/mol. The molecule has 5 nitrogen and oxygen atoms in total. The van der Waals surface area contributed by atoms with Crippen LogP contribution in [0, 0.1) is 0 Å². The second-order valence-corrected chi connectivity index (χ2v) is 5.10. The molecule has 0 fully saturated rings. The Labute approximate surface area is 123 Å². The molecule has 4 aromatic rings. The van der Waals surface area contributed by atoms with Crippen LogP contribution in [0.5, 0.6) is 11.5 Å². The first-order valence-corrected chi connectivity index (χ1v) is 6.59. The van der Waals surface area contributed by atoms with Gasteiger partial charge in [0.05, 0.1) is 5.39 Å². The molecule has 0 unspecified atom stereocenters. The van der Waals surface area contributed by atoms with Gasteiger partial charge in [0, 0.05) is 10.8 Å². The van der Waals surface area contributed by atoms with Crippen LogP contribution in [0.2, 0.25) is 0 Å². The van der Waals surface area contributed by atoms with E-state index in [-0.39, 0.29) is 28.0 Å². The van der Waals surface area contributed by atoms with Gasteiger partial charge in [-0.15, -0.1) is 0 Å². The van der Waals surface area contributed by atoms with Crippen molar-refractivity contribution in [3.63, 3.8) is 0 Å². The maximum atomic E-state index is 11.2. The number of aromatic hydroxyl groups is 2. The van der Waals surface area contributed by atoms with Crippen LogP contribution >= 0.6 is 0 Å². The van der Waals surface area contributed by atoms with Crippen LogP contribution in [-0.4, -0.2) is 21.3 Å². The van der Waals surface area contributed by atoms with Crippen LogP contribution in [0.4, 0.5) is 0 Å². The van der Waals surface area contributed by atoms with E-state index in [1.165, 1.54) is 0 Å². The van der Waals surface area contributed by atoms with Crippen molar-refractivity contribution >= 4 is 38.5 Å². The fraction of sp³-hybridized carbons (Fsp3) is 0. The van der Waals surface area contributed by atoms with Crippen molar-refractivity contribution in [1.29, 1.82) is 0 Å². The molecule has 0 saturated carbocycles. The molecule has 0 amide bonds. The molecular formula is C17H10O5. The fourth-order valence-electron chi connectivity index (χ4n) is 2.81. The lowest BCUT2D eigenvalue weighted by molar-refractivity contribution is 0.0697. The Morgan fingerprint density at radius 1 is 0.955 bits per heavy atom. The number of carboxylic acid groups (broad SMARTS) is 1. The van der Waals surface area contributed by atoms with E-state index < -0.39 is 5.97 Å².